The lowest BCUT2D eigenvalue weighted by Crippen LogP contribution is -2.24. The van der Waals surface area contributed by atoms with E-state index in [9.17, 15) is 18.0 Å². The Kier molecular flexibility index (Phi) is 8.04. The number of amides is 1. The average Bonchev–Trinajstić information content (AvgIpc) is 3.28. The van der Waals surface area contributed by atoms with Crippen LogP contribution in [0.1, 0.15) is 5.56 Å². The number of thioether (sulfide) groups is 1. The van der Waals surface area contributed by atoms with E-state index in [1.54, 1.807) is 12.1 Å². The Labute approximate surface area is 196 Å². The van der Waals surface area contributed by atoms with Crippen molar-refractivity contribution in [1.29, 1.82) is 0 Å². The number of alkyl halides is 3. The second-order valence-corrected chi connectivity index (χ2v) is 7.46. The molecule has 0 aliphatic heterocycles. The second-order valence-electron chi connectivity index (χ2n) is 6.51. The van der Waals surface area contributed by atoms with Gasteiger partial charge in [-0.1, -0.05) is 11.8 Å². The predicted molar refractivity (Wildman–Crippen MR) is 115 cm³/mol. The maximum Gasteiger partial charge on any atom is 0.573 e. The fraction of sp³-hybridized carbons (Fsp3) is 0.300. The molecule has 0 aliphatic rings. The van der Waals surface area contributed by atoms with E-state index < -0.39 is 6.36 Å². The number of aromatic nitrogens is 4. The molecule has 0 saturated heterocycles. The van der Waals surface area contributed by atoms with E-state index in [0.717, 1.165) is 29.5 Å². The van der Waals surface area contributed by atoms with Crippen LogP contribution in [0.2, 0.25) is 0 Å². The Morgan fingerprint density at radius 3 is 2.26 bits per heavy atom. The van der Waals surface area contributed by atoms with Gasteiger partial charge in [0.2, 0.25) is 16.8 Å². The standard InChI is InChI=1S/C20H20F3N5O5S/c1-30-15-8-12(9-16(31-2)18(15)32-3)10-24-17(29)11-34-19-25-26-27-28(19)13-4-6-14(7-5-13)33-20(21,22)23/h4-9H,10-11H2,1-3H3,(H,24,29). The van der Waals surface area contributed by atoms with Crippen LogP contribution in [-0.2, 0) is 11.3 Å². The number of nitrogens with one attached hydrogen (secondary N) is 1. The van der Waals surface area contributed by atoms with Gasteiger partial charge in [0, 0.05) is 6.54 Å². The molecule has 182 valence electrons. The van der Waals surface area contributed by atoms with Crippen molar-refractivity contribution in [3.8, 4) is 28.7 Å². The van der Waals surface area contributed by atoms with Gasteiger partial charge < -0.3 is 24.3 Å². The quantitative estimate of drug-likeness (QED) is 0.421. The summed E-state index contributed by atoms with van der Waals surface area (Å²) in [5.41, 5.74) is 1.14. The third-order valence-electron chi connectivity index (χ3n) is 4.30. The van der Waals surface area contributed by atoms with Gasteiger partial charge in [-0.15, -0.1) is 18.3 Å². The number of rotatable bonds is 10. The normalized spacial score (nSPS) is 11.1. The van der Waals surface area contributed by atoms with E-state index >= 15 is 0 Å². The van der Waals surface area contributed by atoms with Crippen molar-refractivity contribution in [2.45, 2.75) is 18.1 Å². The van der Waals surface area contributed by atoms with Crippen LogP contribution in [-0.4, -0.2) is 59.6 Å². The predicted octanol–water partition coefficient (Wildman–Crippen LogP) is 3.00. The van der Waals surface area contributed by atoms with Gasteiger partial charge in [-0.25, -0.2) is 0 Å². The molecule has 3 aromatic rings. The van der Waals surface area contributed by atoms with Crippen molar-refractivity contribution in [2.75, 3.05) is 27.1 Å². The highest BCUT2D eigenvalue weighted by molar-refractivity contribution is 7.99. The molecule has 1 N–H and O–H groups in total. The van der Waals surface area contributed by atoms with Crippen LogP contribution in [0.5, 0.6) is 23.0 Å². The number of methoxy groups -OCH3 is 3. The molecule has 1 aromatic heterocycles. The van der Waals surface area contributed by atoms with E-state index in [1.165, 1.54) is 38.1 Å². The Morgan fingerprint density at radius 2 is 1.71 bits per heavy atom. The van der Waals surface area contributed by atoms with Crippen LogP contribution in [0.15, 0.2) is 41.6 Å². The summed E-state index contributed by atoms with van der Waals surface area (Å²) in [4.78, 5) is 12.3. The Hall–Kier alpha value is -3.68. The first kappa shape index (κ1) is 25.0. The molecule has 0 spiro atoms. The number of hydrogen-bond acceptors (Lipinski definition) is 9. The number of carbonyl (C=O) groups excluding carboxylic acids is 1. The summed E-state index contributed by atoms with van der Waals surface area (Å²) < 4.78 is 58.0. The fourth-order valence-corrected chi connectivity index (χ4v) is 3.56. The number of ether oxygens (including phenoxy) is 4. The number of carbonyl (C=O) groups is 1. The van der Waals surface area contributed by atoms with Crippen LogP contribution in [0.4, 0.5) is 13.2 Å². The molecular formula is C20H20F3N5O5S. The van der Waals surface area contributed by atoms with Crippen molar-refractivity contribution in [3.05, 3.63) is 42.0 Å². The molecule has 34 heavy (non-hydrogen) atoms. The van der Waals surface area contributed by atoms with Crippen LogP contribution < -0.4 is 24.3 Å². The lowest BCUT2D eigenvalue weighted by molar-refractivity contribution is -0.274. The number of halogens is 3. The number of nitrogens with zero attached hydrogens (tertiary/aromatic N) is 4. The Balaban J connectivity index is 1.59. The van der Waals surface area contributed by atoms with Gasteiger partial charge >= 0.3 is 6.36 Å². The van der Waals surface area contributed by atoms with Crippen molar-refractivity contribution >= 4 is 17.7 Å². The van der Waals surface area contributed by atoms with Crippen molar-refractivity contribution in [3.63, 3.8) is 0 Å². The maximum absolute atomic E-state index is 12.3. The minimum Gasteiger partial charge on any atom is -0.493 e. The molecule has 0 unspecified atom stereocenters. The smallest absolute Gasteiger partial charge is 0.493 e. The van der Waals surface area contributed by atoms with Gasteiger partial charge in [0.25, 0.3) is 0 Å². The van der Waals surface area contributed by atoms with Crippen LogP contribution in [0, 0.1) is 0 Å². The number of tetrazole rings is 1. The second kappa shape index (κ2) is 11.0. The van der Waals surface area contributed by atoms with Crippen molar-refractivity contribution in [2.24, 2.45) is 0 Å². The van der Waals surface area contributed by atoms with Crippen LogP contribution >= 0.6 is 11.8 Å². The van der Waals surface area contributed by atoms with Crippen molar-refractivity contribution in [1.82, 2.24) is 25.5 Å². The lowest BCUT2D eigenvalue weighted by atomic mass is 10.2. The van der Waals surface area contributed by atoms with Crippen LogP contribution in [0.25, 0.3) is 5.69 Å². The Morgan fingerprint density at radius 1 is 1.06 bits per heavy atom. The molecule has 1 amide bonds. The zero-order chi connectivity index (χ0) is 24.7. The highest BCUT2D eigenvalue weighted by atomic mass is 32.2. The molecule has 10 nitrogen and oxygen atoms in total. The molecule has 0 atom stereocenters. The summed E-state index contributed by atoms with van der Waals surface area (Å²) in [5, 5.41) is 14.3. The summed E-state index contributed by atoms with van der Waals surface area (Å²) >= 11 is 1.06. The molecule has 3 rings (SSSR count). The fourth-order valence-electron chi connectivity index (χ4n) is 2.84. The number of benzene rings is 2. The van der Waals surface area contributed by atoms with E-state index in [0.29, 0.717) is 22.9 Å². The largest absolute Gasteiger partial charge is 0.573 e. The van der Waals surface area contributed by atoms with Crippen molar-refractivity contribution < 1.29 is 36.9 Å². The van der Waals surface area contributed by atoms with Gasteiger partial charge in [-0.05, 0) is 52.4 Å². The minimum atomic E-state index is -4.78. The highest BCUT2D eigenvalue weighted by Gasteiger charge is 2.31. The average molecular weight is 499 g/mol. The first-order valence-corrected chi connectivity index (χ1v) is 10.6. The van der Waals surface area contributed by atoms with Gasteiger partial charge in [0.15, 0.2) is 11.5 Å². The molecule has 0 aliphatic carbocycles. The number of hydrogen-bond donors (Lipinski definition) is 1. The first-order valence-electron chi connectivity index (χ1n) is 9.57. The zero-order valence-electron chi connectivity index (χ0n) is 18.3. The summed E-state index contributed by atoms with van der Waals surface area (Å²) in [7, 11) is 4.49. The zero-order valence-corrected chi connectivity index (χ0v) is 19.1. The lowest BCUT2D eigenvalue weighted by Gasteiger charge is -2.14. The van der Waals surface area contributed by atoms with E-state index in [4.69, 9.17) is 14.2 Å². The van der Waals surface area contributed by atoms with Crippen LogP contribution in [0.3, 0.4) is 0 Å². The van der Waals surface area contributed by atoms with Gasteiger partial charge in [-0.2, -0.15) is 4.68 Å². The molecule has 0 saturated carbocycles. The third-order valence-corrected chi connectivity index (χ3v) is 5.22. The Bertz CT molecular complexity index is 1100. The molecule has 2 aromatic carbocycles. The summed E-state index contributed by atoms with van der Waals surface area (Å²) in [5.74, 6) is 0.713. The molecule has 0 radical (unpaired) electrons. The summed E-state index contributed by atoms with van der Waals surface area (Å²) in [6.45, 7) is 0.210. The topological polar surface area (TPSA) is 110 Å². The molecule has 14 heteroatoms. The van der Waals surface area contributed by atoms with Gasteiger partial charge in [0.05, 0.1) is 32.8 Å². The van der Waals surface area contributed by atoms with Gasteiger partial charge in [0.1, 0.15) is 5.75 Å². The SMILES string of the molecule is COc1cc(CNC(=O)CSc2nnnn2-c2ccc(OC(F)(F)F)cc2)cc(OC)c1OC. The molecule has 0 bridgehead atoms. The van der Waals surface area contributed by atoms with E-state index in [2.05, 4.69) is 25.6 Å². The molecule has 0 fully saturated rings. The molecular weight excluding hydrogens is 479 g/mol. The summed E-state index contributed by atoms with van der Waals surface area (Å²) in [6, 6.07) is 8.47. The monoisotopic (exact) mass is 499 g/mol. The summed E-state index contributed by atoms with van der Waals surface area (Å²) in [6.07, 6.45) is -4.78. The van der Waals surface area contributed by atoms with E-state index in [-0.39, 0.29) is 29.1 Å². The highest BCUT2D eigenvalue weighted by Crippen LogP contribution is 2.38. The van der Waals surface area contributed by atoms with Gasteiger partial charge in [-0.3, -0.25) is 4.79 Å². The molecule has 1 heterocycles. The first-order chi connectivity index (χ1) is 16.2. The van der Waals surface area contributed by atoms with E-state index in [1.807, 2.05) is 0 Å². The maximum atomic E-state index is 12.3. The third kappa shape index (κ3) is 6.43. The minimum absolute atomic E-state index is 0.0000657.